The van der Waals surface area contributed by atoms with E-state index in [1.165, 1.54) is 6.20 Å². The first kappa shape index (κ1) is 16.4. The molecule has 10 nitrogen and oxygen atoms in total. The average molecular weight is 324 g/mol. The number of aliphatic hydroxyl groups excluding tert-OH is 2. The summed E-state index contributed by atoms with van der Waals surface area (Å²) < 4.78 is 21.0. The molecule has 0 radical (unpaired) electrons. The van der Waals surface area contributed by atoms with Crippen LogP contribution in [0.5, 0.6) is 0 Å². The van der Waals surface area contributed by atoms with Crippen molar-refractivity contribution >= 4 is 13.7 Å². The molecule has 5 N–H and O–H groups in total. The third kappa shape index (κ3) is 3.61. The number of carbonyl (C=O) groups is 1. The van der Waals surface area contributed by atoms with E-state index in [2.05, 4.69) is 9.84 Å². The van der Waals surface area contributed by atoms with Crippen molar-refractivity contribution in [2.24, 2.45) is 0 Å². The molecule has 0 aromatic carbocycles. The monoisotopic (exact) mass is 324 g/mol. The second-order valence-electron chi connectivity index (χ2n) is 4.67. The van der Waals surface area contributed by atoms with E-state index in [4.69, 9.17) is 14.5 Å². The van der Waals surface area contributed by atoms with E-state index in [9.17, 15) is 19.6 Å². The number of rotatable bonds is 4. The zero-order chi connectivity index (χ0) is 15.8. The summed E-state index contributed by atoms with van der Waals surface area (Å²) in [5, 5.41) is 22.1. The summed E-state index contributed by atoms with van der Waals surface area (Å²) in [6.07, 6.45) is -3.29. The number of ether oxygens (including phenoxy) is 1. The first-order valence-corrected chi connectivity index (χ1v) is 7.77. The largest absolute Gasteiger partial charge is 0.470 e. The van der Waals surface area contributed by atoms with E-state index in [-0.39, 0.29) is 0 Å². The van der Waals surface area contributed by atoms with Crippen LogP contribution in [0.2, 0.25) is 0 Å². The van der Waals surface area contributed by atoms with Gasteiger partial charge in [-0.1, -0.05) is 6.92 Å². The molecule has 0 aromatic rings. The quantitative estimate of drug-likeness (QED) is 0.377. The molecule has 2 aliphatic heterocycles. The molecular formula is C10H17N2O8P. The Morgan fingerprint density at radius 1 is 1.48 bits per heavy atom. The molecule has 0 bridgehead atoms. The molecule has 120 valence electrons. The minimum atomic E-state index is -4.80. The van der Waals surface area contributed by atoms with Crippen LogP contribution in [0, 0.1) is 0 Å². The van der Waals surface area contributed by atoms with Gasteiger partial charge in [0, 0.05) is 12.3 Å². The molecular weight excluding hydrogens is 307 g/mol. The fraction of sp³-hybridized carbons (Fsp3) is 0.700. The van der Waals surface area contributed by atoms with Crippen LogP contribution in [0.25, 0.3) is 0 Å². The number of phosphoric ester groups is 1. The summed E-state index contributed by atoms with van der Waals surface area (Å²) in [6.45, 7) is 1.69. The van der Waals surface area contributed by atoms with Crippen molar-refractivity contribution in [2.75, 3.05) is 0 Å². The molecule has 5 atom stereocenters. The minimum Gasteiger partial charge on any atom is -0.386 e. The summed E-state index contributed by atoms with van der Waals surface area (Å²) in [7, 11) is -4.80. The van der Waals surface area contributed by atoms with Gasteiger partial charge in [-0.3, -0.25) is 9.32 Å². The predicted octanol–water partition coefficient (Wildman–Crippen LogP) is -1.82. The number of hydrogen-bond donors (Lipinski definition) is 5. The molecule has 3 unspecified atom stereocenters. The van der Waals surface area contributed by atoms with Crippen LogP contribution in [-0.2, 0) is 18.6 Å². The molecule has 2 heterocycles. The normalized spacial score (nSPS) is 36.9. The van der Waals surface area contributed by atoms with Crippen LogP contribution in [-0.4, -0.2) is 61.7 Å². The summed E-state index contributed by atoms with van der Waals surface area (Å²) in [4.78, 5) is 30.0. The van der Waals surface area contributed by atoms with E-state index in [1.54, 1.807) is 6.92 Å². The first-order valence-electron chi connectivity index (χ1n) is 6.24. The zero-order valence-corrected chi connectivity index (χ0v) is 12.0. The van der Waals surface area contributed by atoms with E-state index in [1.807, 2.05) is 0 Å². The molecule has 21 heavy (non-hydrogen) atoms. The number of nitrogens with zero attached hydrogens (tertiary/aromatic N) is 1. The highest BCUT2D eigenvalue weighted by molar-refractivity contribution is 7.46. The highest BCUT2D eigenvalue weighted by atomic mass is 31.2. The van der Waals surface area contributed by atoms with Crippen molar-refractivity contribution in [3.8, 4) is 0 Å². The van der Waals surface area contributed by atoms with Crippen molar-refractivity contribution in [2.45, 2.75) is 44.2 Å². The molecule has 2 rings (SSSR count). The Kier molecular flexibility index (Phi) is 4.69. The lowest BCUT2D eigenvalue weighted by molar-refractivity contribution is -0.150. The fourth-order valence-corrected chi connectivity index (χ4v) is 2.87. The highest BCUT2D eigenvalue weighted by Gasteiger charge is 2.49. The average Bonchev–Trinajstić information content (AvgIpc) is 2.65. The lowest BCUT2D eigenvalue weighted by Gasteiger charge is -2.35. The van der Waals surface area contributed by atoms with Gasteiger partial charge in [-0.15, -0.1) is 0 Å². The van der Waals surface area contributed by atoms with Gasteiger partial charge < -0.3 is 35.0 Å². The van der Waals surface area contributed by atoms with E-state index >= 15 is 0 Å². The summed E-state index contributed by atoms with van der Waals surface area (Å²) in [5.41, 5.74) is 0. The van der Waals surface area contributed by atoms with Crippen LogP contribution in [0.3, 0.4) is 0 Å². The maximum Gasteiger partial charge on any atom is 0.470 e. The molecule has 0 saturated carbocycles. The van der Waals surface area contributed by atoms with Gasteiger partial charge in [0.2, 0.25) is 12.3 Å². The van der Waals surface area contributed by atoms with Gasteiger partial charge in [0.1, 0.15) is 12.2 Å². The van der Waals surface area contributed by atoms with Gasteiger partial charge in [0.15, 0.2) is 6.23 Å². The molecule has 1 fully saturated rings. The van der Waals surface area contributed by atoms with Gasteiger partial charge >= 0.3 is 7.82 Å². The van der Waals surface area contributed by atoms with Crippen molar-refractivity contribution in [1.29, 1.82) is 0 Å². The molecule has 0 aliphatic carbocycles. The number of carbonyl (C=O) groups excluding carboxylic acids is 1. The number of nitrogens with one attached hydrogen (secondary N) is 1. The Morgan fingerprint density at radius 3 is 2.67 bits per heavy atom. The van der Waals surface area contributed by atoms with Crippen LogP contribution in [0.4, 0.5) is 0 Å². The zero-order valence-electron chi connectivity index (χ0n) is 11.1. The number of hydrogen-bond acceptors (Lipinski definition) is 7. The topological polar surface area (TPSA) is 149 Å². The molecule has 11 heteroatoms. The van der Waals surface area contributed by atoms with Gasteiger partial charge in [-0.25, -0.2) is 4.57 Å². The lowest BCUT2D eigenvalue weighted by Crippen LogP contribution is -2.55. The van der Waals surface area contributed by atoms with Crippen LogP contribution in [0.1, 0.15) is 13.3 Å². The third-order valence-electron chi connectivity index (χ3n) is 3.22. The summed E-state index contributed by atoms with van der Waals surface area (Å²) in [6, 6.07) is 0. The first-order chi connectivity index (χ1) is 9.73. The smallest absolute Gasteiger partial charge is 0.386 e. The molecule has 1 saturated heterocycles. The second-order valence-corrected chi connectivity index (χ2v) is 5.86. The van der Waals surface area contributed by atoms with Crippen molar-refractivity contribution < 1.29 is 38.6 Å². The molecule has 2 aliphatic rings. The number of phosphoric acid groups is 1. The van der Waals surface area contributed by atoms with Crippen molar-refractivity contribution in [3.05, 3.63) is 12.3 Å². The number of amides is 1. The maximum absolute atomic E-state index is 11.1. The number of aliphatic hydroxyl groups is 2. The fourth-order valence-electron chi connectivity index (χ4n) is 2.29. The molecule has 1 amide bonds. The van der Waals surface area contributed by atoms with Crippen LogP contribution in [0.15, 0.2) is 12.3 Å². The Labute approximate surface area is 120 Å². The van der Waals surface area contributed by atoms with Gasteiger partial charge in [-0.05, 0) is 6.42 Å². The van der Waals surface area contributed by atoms with Crippen LogP contribution >= 0.6 is 7.82 Å². The Balaban J connectivity index is 2.17. The van der Waals surface area contributed by atoms with E-state index < -0.39 is 44.6 Å². The minimum absolute atomic E-state index is 0.332. The Hall–Kier alpha value is -1.00. The summed E-state index contributed by atoms with van der Waals surface area (Å²) in [5.74, 6) is -0.513. The van der Waals surface area contributed by atoms with Crippen LogP contribution < -0.4 is 5.32 Å². The van der Waals surface area contributed by atoms with E-state index in [0.717, 1.165) is 11.0 Å². The third-order valence-corrected chi connectivity index (χ3v) is 3.73. The van der Waals surface area contributed by atoms with Gasteiger partial charge in [0.05, 0.1) is 6.10 Å². The summed E-state index contributed by atoms with van der Waals surface area (Å²) >= 11 is 0. The Morgan fingerprint density at radius 2 is 2.14 bits per heavy atom. The predicted molar refractivity (Wildman–Crippen MR) is 67.0 cm³/mol. The van der Waals surface area contributed by atoms with E-state index in [0.29, 0.717) is 6.42 Å². The second kappa shape index (κ2) is 6.01. The maximum atomic E-state index is 11.1. The van der Waals surface area contributed by atoms with Gasteiger partial charge in [-0.2, -0.15) is 0 Å². The van der Waals surface area contributed by atoms with Gasteiger partial charge in [0.25, 0.3) is 0 Å². The van der Waals surface area contributed by atoms with Crippen molar-refractivity contribution in [1.82, 2.24) is 10.2 Å². The Bertz CT molecular complexity index is 480. The standard InChI is InChI=1S/C10H17N2O8P/c1-2-5-8(20-21(16,17)18)7(14)9(19-5)12-4-3-6(13)11-10(12)15/h3-5,7-10,14-15H,2H2,1H3,(H,11,13)(H2,16,17,18)/t5-,7?,8?,9-,10?/m1/s1. The molecule has 0 spiro atoms. The SMILES string of the molecule is CC[C@H]1O[C@@H](N2C=CC(=O)NC2O)C(O)C1OP(=O)(O)O. The molecule has 0 aromatic heterocycles. The van der Waals surface area contributed by atoms with Crippen molar-refractivity contribution in [3.63, 3.8) is 0 Å². The highest BCUT2D eigenvalue weighted by Crippen LogP contribution is 2.43. The lowest BCUT2D eigenvalue weighted by atomic mass is 10.1.